The molecule has 0 saturated heterocycles. The molecule has 0 radical (unpaired) electrons. The molecular formula is C18H25NO3. The topological polar surface area (TPSA) is 49.8 Å². The van der Waals surface area contributed by atoms with Crippen LogP contribution in [0.3, 0.4) is 0 Å². The van der Waals surface area contributed by atoms with Crippen molar-refractivity contribution in [2.24, 2.45) is 5.92 Å². The smallest absolute Gasteiger partial charge is 0.226 e. The molecule has 0 heterocycles. The Morgan fingerprint density at radius 2 is 2.27 bits per heavy atom. The number of benzene rings is 1. The first-order valence-corrected chi connectivity index (χ1v) is 8.09. The Hall–Kier alpha value is -1.39. The predicted octanol–water partition coefficient (Wildman–Crippen LogP) is 1.75. The van der Waals surface area contributed by atoms with E-state index in [1.807, 2.05) is 0 Å². The van der Waals surface area contributed by atoms with Crippen LogP contribution < -0.4 is 0 Å². The normalized spacial score (nSPS) is 27.3. The zero-order valence-electron chi connectivity index (χ0n) is 13.4. The summed E-state index contributed by atoms with van der Waals surface area (Å²) in [6.07, 6.45) is 3.73. The molecule has 0 aromatic heterocycles. The van der Waals surface area contributed by atoms with Crippen molar-refractivity contribution in [2.45, 2.75) is 37.2 Å². The monoisotopic (exact) mass is 303 g/mol. The maximum Gasteiger partial charge on any atom is 0.226 e. The van der Waals surface area contributed by atoms with Gasteiger partial charge in [0.2, 0.25) is 5.91 Å². The fraction of sp³-hybridized carbons (Fsp3) is 0.611. The van der Waals surface area contributed by atoms with E-state index < -0.39 is 6.10 Å². The van der Waals surface area contributed by atoms with E-state index in [-0.39, 0.29) is 23.8 Å². The number of likely N-dealkylation sites (N-methyl/N-ethyl adjacent to an activating group) is 1. The van der Waals surface area contributed by atoms with Crippen LogP contribution in [0.15, 0.2) is 24.3 Å². The standard InChI is InChI=1S/C18H25NO3/c1-19(11-14(20)12-22-2)17(21)16-10-18(16)9-5-7-13-6-3-4-8-15(13)18/h3-4,6,8,14,16,20H,5,7,9-12H2,1-2H3/t14-,16+,18-/m1/s1. The highest BCUT2D eigenvalue weighted by atomic mass is 16.5. The highest BCUT2D eigenvalue weighted by Gasteiger charge is 2.60. The molecule has 22 heavy (non-hydrogen) atoms. The van der Waals surface area contributed by atoms with Crippen molar-refractivity contribution >= 4 is 5.91 Å². The minimum Gasteiger partial charge on any atom is -0.389 e. The number of carbonyl (C=O) groups excluding carboxylic acids is 1. The van der Waals surface area contributed by atoms with Crippen LogP contribution in [0.1, 0.15) is 30.4 Å². The van der Waals surface area contributed by atoms with E-state index in [0.29, 0.717) is 6.54 Å². The molecule has 1 aromatic rings. The summed E-state index contributed by atoms with van der Waals surface area (Å²) in [6, 6.07) is 8.56. The molecule has 0 unspecified atom stereocenters. The highest BCUT2D eigenvalue weighted by Crippen LogP contribution is 2.60. The van der Waals surface area contributed by atoms with Gasteiger partial charge in [0.25, 0.3) is 0 Å². The number of rotatable bonds is 5. The summed E-state index contributed by atoms with van der Waals surface area (Å²) < 4.78 is 4.93. The Bertz CT molecular complexity index is 559. The first kappa shape index (κ1) is 15.5. The van der Waals surface area contributed by atoms with E-state index in [0.717, 1.165) is 25.7 Å². The average Bonchev–Trinajstić information content (AvgIpc) is 3.22. The number of methoxy groups -OCH3 is 1. The van der Waals surface area contributed by atoms with Crippen LogP contribution in [0.25, 0.3) is 0 Å². The van der Waals surface area contributed by atoms with Crippen molar-refractivity contribution in [2.75, 3.05) is 27.3 Å². The van der Waals surface area contributed by atoms with Gasteiger partial charge in [-0.1, -0.05) is 24.3 Å². The van der Waals surface area contributed by atoms with E-state index in [1.165, 1.54) is 11.1 Å². The molecule has 1 fully saturated rings. The number of nitrogens with zero attached hydrogens (tertiary/aromatic N) is 1. The molecule has 3 rings (SSSR count). The van der Waals surface area contributed by atoms with E-state index in [4.69, 9.17) is 4.74 Å². The van der Waals surface area contributed by atoms with E-state index in [9.17, 15) is 9.90 Å². The molecule has 1 amide bonds. The molecule has 3 atom stereocenters. The van der Waals surface area contributed by atoms with Crippen LogP contribution in [0.5, 0.6) is 0 Å². The van der Waals surface area contributed by atoms with E-state index in [1.54, 1.807) is 19.1 Å². The molecule has 1 saturated carbocycles. The molecule has 4 nitrogen and oxygen atoms in total. The second-order valence-corrected chi connectivity index (χ2v) is 6.75. The number of aliphatic hydroxyl groups is 1. The van der Waals surface area contributed by atoms with Gasteiger partial charge in [0, 0.05) is 32.0 Å². The van der Waals surface area contributed by atoms with Crippen molar-refractivity contribution in [3.63, 3.8) is 0 Å². The Morgan fingerprint density at radius 1 is 1.50 bits per heavy atom. The molecule has 4 heteroatoms. The average molecular weight is 303 g/mol. The molecule has 0 bridgehead atoms. The first-order chi connectivity index (χ1) is 10.6. The minimum absolute atomic E-state index is 0.0619. The summed E-state index contributed by atoms with van der Waals surface area (Å²) in [5.74, 6) is 0.237. The fourth-order valence-electron chi connectivity index (χ4n) is 4.07. The SMILES string of the molecule is COC[C@H](O)CN(C)C(=O)[C@@H]1C[C@@]12CCCc1ccccc12. The van der Waals surface area contributed by atoms with Gasteiger partial charge < -0.3 is 14.7 Å². The minimum atomic E-state index is -0.618. The second-order valence-electron chi connectivity index (χ2n) is 6.75. The first-order valence-electron chi connectivity index (χ1n) is 8.09. The van der Waals surface area contributed by atoms with Crippen LogP contribution in [0.4, 0.5) is 0 Å². The number of hydrogen-bond acceptors (Lipinski definition) is 3. The summed E-state index contributed by atoms with van der Waals surface area (Å²) in [4.78, 5) is 14.4. The van der Waals surface area contributed by atoms with Gasteiger partial charge in [0.05, 0.1) is 12.7 Å². The lowest BCUT2D eigenvalue weighted by Crippen LogP contribution is -2.38. The zero-order valence-corrected chi connectivity index (χ0v) is 13.4. The predicted molar refractivity (Wildman–Crippen MR) is 84.7 cm³/mol. The summed E-state index contributed by atoms with van der Waals surface area (Å²) in [5, 5.41) is 9.81. The van der Waals surface area contributed by atoms with E-state index >= 15 is 0 Å². The van der Waals surface area contributed by atoms with Crippen molar-refractivity contribution in [3.8, 4) is 0 Å². The lowest BCUT2D eigenvalue weighted by atomic mass is 9.78. The van der Waals surface area contributed by atoms with Crippen LogP contribution >= 0.6 is 0 Å². The van der Waals surface area contributed by atoms with Gasteiger partial charge in [-0.15, -0.1) is 0 Å². The van der Waals surface area contributed by atoms with Gasteiger partial charge in [0.1, 0.15) is 0 Å². The summed E-state index contributed by atoms with van der Waals surface area (Å²) in [6.45, 7) is 0.594. The van der Waals surface area contributed by atoms with Gasteiger partial charge in [-0.3, -0.25) is 4.79 Å². The number of aliphatic hydroxyl groups excluding tert-OH is 1. The third-order valence-electron chi connectivity index (χ3n) is 5.22. The molecule has 0 aliphatic heterocycles. The van der Waals surface area contributed by atoms with Crippen molar-refractivity contribution < 1.29 is 14.6 Å². The number of ether oxygens (including phenoxy) is 1. The molecular weight excluding hydrogens is 278 g/mol. The lowest BCUT2D eigenvalue weighted by Gasteiger charge is -2.28. The number of hydrogen-bond donors (Lipinski definition) is 1. The van der Waals surface area contributed by atoms with Crippen LogP contribution in [-0.4, -0.2) is 49.3 Å². The third kappa shape index (κ3) is 2.66. The molecule has 2 aliphatic rings. The van der Waals surface area contributed by atoms with Crippen molar-refractivity contribution in [1.29, 1.82) is 0 Å². The Labute approximate surface area is 132 Å². The molecule has 1 spiro atoms. The number of fused-ring (bicyclic) bond motifs is 2. The Balaban J connectivity index is 1.70. The third-order valence-corrected chi connectivity index (χ3v) is 5.22. The van der Waals surface area contributed by atoms with Gasteiger partial charge in [-0.25, -0.2) is 0 Å². The van der Waals surface area contributed by atoms with Gasteiger partial charge in [-0.05, 0) is 36.8 Å². The van der Waals surface area contributed by atoms with Crippen molar-refractivity contribution in [3.05, 3.63) is 35.4 Å². The van der Waals surface area contributed by atoms with Gasteiger partial charge in [-0.2, -0.15) is 0 Å². The Kier molecular flexibility index (Phi) is 4.24. The largest absolute Gasteiger partial charge is 0.389 e. The number of aryl methyl sites for hydroxylation is 1. The van der Waals surface area contributed by atoms with Crippen molar-refractivity contribution in [1.82, 2.24) is 4.90 Å². The van der Waals surface area contributed by atoms with Crippen LogP contribution in [0, 0.1) is 5.92 Å². The maximum absolute atomic E-state index is 12.7. The lowest BCUT2D eigenvalue weighted by molar-refractivity contribution is -0.133. The molecule has 1 N–H and O–H groups in total. The van der Waals surface area contributed by atoms with Gasteiger partial charge >= 0.3 is 0 Å². The number of amides is 1. The van der Waals surface area contributed by atoms with Crippen LogP contribution in [0.2, 0.25) is 0 Å². The summed E-state index contributed by atoms with van der Waals surface area (Å²) in [7, 11) is 3.34. The Morgan fingerprint density at radius 3 is 3.05 bits per heavy atom. The quantitative estimate of drug-likeness (QED) is 0.901. The highest BCUT2D eigenvalue weighted by molar-refractivity contribution is 5.84. The molecule has 1 aromatic carbocycles. The van der Waals surface area contributed by atoms with Gasteiger partial charge in [0.15, 0.2) is 0 Å². The second kappa shape index (κ2) is 6.01. The zero-order chi connectivity index (χ0) is 15.7. The molecule has 120 valence electrons. The fourth-order valence-corrected chi connectivity index (χ4v) is 4.07. The summed E-state index contributed by atoms with van der Waals surface area (Å²) in [5.41, 5.74) is 2.85. The van der Waals surface area contributed by atoms with E-state index in [2.05, 4.69) is 24.3 Å². The number of carbonyl (C=O) groups is 1. The maximum atomic E-state index is 12.7. The van der Waals surface area contributed by atoms with Crippen LogP contribution in [-0.2, 0) is 21.4 Å². The summed E-state index contributed by atoms with van der Waals surface area (Å²) >= 11 is 0. The molecule has 2 aliphatic carbocycles.